The molecule has 2 aromatic rings. The lowest BCUT2D eigenvalue weighted by atomic mass is 10.1. The van der Waals surface area contributed by atoms with Crippen molar-refractivity contribution in [3.8, 4) is 5.75 Å². The van der Waals surface area contributed by atoms with E-state index in [4.69, 9.17) is 0 Å². The molecule has 4 heteroatoms. The zero-order valence-electron chi connectivity index (χ0n) is 14.7. The van der Waals surface area contributed by atoms with E-state index >= 15 is 0 Å². The van der Waals surface area contributed by atoms with E-state index in [1.54, 1.807) is 12.3 Å². The van der Waals surface area contributed by atoms with Crippen LogP contribution in [-0.4, -0.2) is 27.7 Å². The summed E-state index contributed by atoms with van der Waals surface area (Å²) < 4.78 is 2.02. The van der Waals surface area contributed by atoms with Gasteiger partial charge in [0.05, 0.1) is 6.20 Å². The van der Waals surface area contributed by atoms with Gasteiger partial charge in [-0.1, -0.05) is 44.2 Å². The zero-order valence-corrected chi connectivity index (χ0v) is 14.7. The molecule has 0 aliphatic carbocycles. The molecular formula is C20H28N2O2. The molecule has 1 N–H and O–H groups in total. The predicted octanol–water partition coefficient (Wildman–Crippen LogP) is 3.42. The minimum atomic E-state index is -0.297. The first kappa shape index (κ1) is 18.3. The average molecular weight is 328 g/mol. The molecule has 0 saturated heterocycles. The minimum Gasteiger partial charge on any atom is -0.503 e. The highest BCUT2D eigenvalue weighted by Crippen LogP contribution is 2.11. The Labute approximate surface area is 144 Å². The highest BCUT2D eigenvalue weighted by atomic mass is 16.3. The molecule has 0 aliphatic heterocycles. The minimum absolute atomic E-state index is 0.177. The summed E-state index contributed by atoms with van der Waals surface area (Å²) in [6.07, 6.45) is 4.63. The number of benzene rings is 1. The summed E-state index contributed by atoms with van der Waals surface area (Å²) in [4.78, 5) is 14.2. The number of aromatic nitrogens is 1. The van der Waals surface area contributed by atoms with Gasteiger partial charge in [0, 0.05) is 24.8 Å². The monoisotopic (exact) mass is 328 g/mol. The first-order valence-electron chi connectivity index (χ1n) is 8.82. The van der Waals surface area contributed by atoms with Gasteiger partial charge in [-0.05, 0) is 37.9 Å². The van der Waals surface area contributed by atoms with Gasteiger partial charge in [-0.2, -0.15) is 0 Å². The summed E-state index contributed by atoms with van der Waals surface area (Å²) >= 11 is 0. The maximum absolute atomic E-state index is 11.9. The first-order chi connectivity index (χ1) is 11.6. The Kier molecular flexibility index (Phi) is 7.07. The molecule has 0 saturated carbocycles. The number of aryl methyl sites for hydroxylation is 2. The molecule has 2 rings (SSSR count). The molecule has 0 amide bonds. The van der Waals surface area contributed by atoms with Gasteiger partial charge in [-0.15, -0.1) is 0 Å². The van der Waals surface area contributed by atoms with E-state index in [9.17, 15) is 9.90 Å². The molecular weight excluding hydrogens is 300 g/mol. The molecule has 1 heterocycles. The number of nitrogens with zero attached hydrogens (tertiary/aromatic N) is 2. The smallest absolute Gasteiger partial charge is 0.223 e. The van der Waals surface area contributed by atoms with Gasteiger partial charge in [-0.3, -0.25) is 9.69 Å². The van der Waals surface area contributed by atoms with Crippen LogP contribution in [0.2, 0.25) is 0 Å². The van der Waals surface area contributed by atoms with E-state index in [-0.39, 0.29) is 11.2 Å². The standard InChI is InChI=1S/C20H28N2O2/c1-3-11-21(12-4-2)15-18-14-19(23)20(24)16-22(18)13-10-17-8-6-5-7-9-17/h5-9,14,16,24H,3-4,10-13,15H2,1-2H3. The van der Waals surface area contributed by atoms with Crippen LogP contribution in [0.4, 0.5) is 0 Å². The van der Waals surface area contributed by atoms with Crippen molar-refractivity contribution in [2.75, 3.05) is 13.1 Å². The van der Waals surface area contributed by atoms with Gasteiger partial charge < -0.3 is 9.67 Å². The molecule has 1 aromatic carbocycles. The molecule has 130 valence electrons. The maximum Gasteiger partial charge on any atom is 0.223 e. The maximum atomic E-state index is 11.9. The SMILES string of the molecule is CCCN(CCC)Cc1cc(=O)c(O)cn1CCc1ccccc1. The normalized spacial score (nSPS) is 11.1. The van der Waals surface area contributed by atoms with Crippen LogP contribution in [0.25, 0.3) is 0 Å². The topological polar surface area (TPSA) is 45.5 Å². The number of hydrogen-bond donors (Lipinski definition) is 1. The van der Waals surface area contributed by atoms with Crippen molar-refractivity contribution < 1.29 is 5.11 Å². The Morgan fingerprint density at radius 1 is 1.08 bits per heavy atom. The van der Waals surface area contributed by atoms with E-state index in [2.05, 4.69) is 30.9 Å². The molecule has 0 radical (unpaired) electrons. The van der Waals surface area contributed by atoms with Gasteiger partial charge in [0.25, 0.3) is 0 Å². The van der Waals surface area contributed by atoms with Gasteiger partial charge in [-0.25, -0.2) is 0 Å². The lowest BCUT2D eigenvalue weighted by Crippen LogP contribution is -2.28. The van der Waals surface area contributed by atoms with Crippen LogP contribution in [0, 0.1) is 0 Å². The molecule has 0 aliphatic rings. The highest BCUT2D eigenvalue weighted by molar-refractivity contribution is 5.21. The average Bonchev–Trinajstić information content (AvgIpc) is 2.58. The van der Waals surface area contributed by atoms with E-state index < -0.39 is 0 Å². The van der Waals surface area contributed by atoms with Crippen molar-refractivity contribution in [1.82, 2.24) is 9.47 Å². The fourth-order valence-electron chi connectivity index (χ4n) is 2.97. The Balaban J connectivity index is 2.19. The van der Waals surface area contributed by atoms with Crippen molar-refractivity contribution in [3.63, 3.8) is 0 Å². The largest absolute Gasteiger partial charge is 0.503 e. The number of aromatic hydroxyl groups is 1. The van der Waals surface area contributed by atoms with Crippen molar-refractivity contribution in [3.05, 3.63) is 64.1 Å². The fourth-order valence-corrected chi connectivity index (χ4v) is 2.97. The number of hydrogen-bond acceptors (Lipinski definition) is 3. The third-order valence-corrected chi connectivity index (χ3v) is 4.15. The molecule has 0 bridgehead atoms. The zero-order chi connectivity index (χ0) is 17.4. The van der Waals surface area contributed by atoms with Gasteiger partial charge in [0.1, 0.15) is 0 Å². The summed E-state index contributed by atoms with van der Waals surface area (Å²) in [5.74, 6) is -0.177. The third kappa shape index (κ3) is 5.24. The van der Waals surface area contributed by atoms with Crippen molar-refractivity contribution in [2.45, 2.75) is 46.2 Å². The Hall–Kier alpha value is -2.07. The lowest BCUT2D eigenvalue weighted by Gasteiger charge is -2.23. The number of rotatable bonds is 9. The van der Waals surface area contributed by atoms with Crippen LogP contribution < -0.4 is 5.43 Å². The fraction of sp³-hybridized carbons (Fsp3) is 0.450. The molecule has 0 atom stereocenters. The Bertz CT molecular complexity index is 674. The summed E-state index contributed by atoms with van der Waals surface area (Å²) in [7, 11) is 0. The first-order valence-corrected chi connectivity index (χ1v) is 8.82. The van der Waals surface area contributed by atoms with Gasteiger partial charge >= 0.3 is 0 Å². The summed E-state index contributed by atoms with van der Waals surface area (Å²) in [5, 5.41) is 9.82. The molecule has 1 aromatic heterocycles. The van der Waals surface area contributed by atoms with Crippen LogP contribution in [-0.2, 0) is 19.5 Å². The van der Waals surface area contributed by atoms with Crippen LogP contribution in [0.3, 0.4) is 0 Å². The quantitative estimate of drug-likeness (QED) is 0.767. The van der Waals surface area contributed by atoms with E-state index in [1.807, 2.05) is 22.8 Å². The van der Waals surface area contributed by atoms with Crippen molar-refractivity contribution in [1.29, 1.82) is 0 Å². The molecule has 24 heavy (non-hydrogen) atoms. The summed E-state index contributed by atoms with van der Waals surface area (Å²) in [6, 6.07) is 11.9. The second-order valence-corrected chi connectivity index (χ2v) is 6.22. The van der Waals surface area contributed by atoms with E-state index in [0.717, 1.165) is 51.1 Å². The van der Waals surface area contributed by atoms with Crippen LogP contribution in [0.5, 0.6) is 5.75 Å². The second-order valence-electron chi connectivity index (χ2n) is 6.22. The lowest BCUT2D eigenvalue weighted by molar-refractivity contribution is 0.258. The predicted molar refractivity (Wildman–Crippen MR) is 98.4 cm³/mol. The van der Waals surface area contributed by atoms with Crippen molar-refractivity contribution >= 4 is 0 Å². The summed E-state index contributed by atoms with van der Waals surface area (Å²) in [6.45, 7) is 7.86. The molecule has 0 fully saturated rings. The van der Waals surface area contributed by atoms with Crippen LogP contribution >= 0.6 is 0 Å². The Morgan fingerprint density at radius 3 is 2.38 bits per heavy atom. The Morgan fingerprint density at radius 2 is 1.75 bits per heavy atom. The number of pyridine rings is 1. The third-order valence-electron chi connectivity index (χ3n) is 4.15. The molecule has 0 spiro atoms. The van der Waals surface area contributed by atoms with Crippen LogP contribution in [0.15, 0.2) is 47.4 Å². The van der Waals surface area contributed by atoms with Crippen molar-refractivity contribution in [2.24, 2.45) is 0 Å². The summed E-state index contributed by atoms with van der Waals surface area (Å²) in [5.41, 5.74) is 1.92. The second kappa shape index (κ2) is 9.28. The highest BCUT2D eigenvalue weighted by Gasteiger charge is 2.10. The van der Waals surface area contributed by atoms with Crippen LogP contribution in [0.1, 0.15) is 37.9 Å². The van der Waals surface area contributed by atoms with E-state index in [0.29, 0.717) is 0 Å². The molecule has 4 nitrogen and oxygen atoms in total. The van der Waals surface area contributed by atoms with Gasteiger partial charge in [0.15, 0.2) is 5.75 Å². The molecule has 0 unspecified atom stereocenters. The van der Waals surface area contributed by atoms with E-state index in [1.165, 1.54) is 5.56 Å². The van der Waals surface area contributed by atoms with Gasteiger partial charge in [0.2, 0.25) is 5.43 Å².